The van der Waals surface area contributed by atoms with E-state index in [1.54, 1.807) is 17.6 Å². The van der Waals surface area contributed by atoms with Gasteiger partial charge in [-0.25, -0.2) is 0 Å². The molecule has 1 aromatic carbocycles. The fourth-order valence-electron chi connectivity index (χ4n) is 2.03. The predicted molar refractivity (Wildman–Crippen MR) is 79.1 cm³/mol. The van der Waals surface area contributed by atoms with Crippen LogP contribution in [0.1, 0.15) is 20.7 Å². The Labute approximate surface area is 118 Å². The molecule has 0 saturated heterocycles. The number of hydrogen-bond acceptors (Lipinski definition) is 3. The lowest BCUT2D eigenvalue weighted by Gasteiger charge is -2.03. The van der Waals surface area contributed by atoms with Gasteiger partial charge in [0.05, 0.1) is 11.1 Å². The summed E-state index contributed by atoms with van der Waals surface area (Å²) < 4.78 is 0. The highest BCUT2D eigenvalue weighted by atomic mass is 32.1. The summed E-state index contributed by atoms with van der Waals surface area (Å²) in [6.07, 6.45) is 1.65. The predicted octanol–water partition coefficient (Wildman–Crippen LogP) is 2.58. The maximum atomic E-state index is 12.3. The van der Waals surface area contributed by atoms with Gasteiger partial charge in [0.2, 0.25) is 0 Å². The SMILES string of the molecule is NC(=O)c1ccsc1NC(=O)c1c[nH]c2ccccc12. The lowest BCUT2D eigenvalue weighted by Crippen LogP contribution is -2.16. The van der Waals surface area contributed by atoms with Gasteiger partial charge in [0, 0.05) is 17.1 Å². The molecule has 0 radical (unpaired) electrons. The largest absolute Gasteiger partial charge is 0.366 e. The van der Waals surface area contributed by atoms with Crippen molar-refractivity contribution in [3.63, 3.8) is 0 Å². The van der Waals surface area contributed by atoms with E-state index in [1.165, 1.54) is 11.3 Å². The van der Waals surface area contributed by atoms with Crippen molar-refractivity contribution in [3.05, 3.63) is 53.0 Å². The number of anilines is 1. The van der Waals surface area contributed by atoms with Gasteiger partial charge in [-0.05, 0) is 17.5 Å². The zero-order valence-corrected chi connectivity index (χ0v) is 11.2. The zero-order chi connectivity index (χ0) is 14.1. The van der Waals surface area contributed by atoms with E-state index in [0.717, 1.165) is 10.9 Å². The van der Waals surface area contributed by atoms with E-state index < -0.39 is 5.91 Å². The summed E-state index contributed by atoms with van der Waals surface area (Å²) in [5, 5.41) is 5.74. The Bertz CT molecular complexity index is 803. The van der Waals surface area contributed by atoms with Crippen LogP contribution in [-0.4, -0.2) is 16.8 Å². The van der Waals surface area contributed by atoms with Crippen molar-refractivity contribution < 1.29 is 9.59 Å². The summed E-state index contributed by atoms with van der Waals surface area (Å²) in [4.78, 5) is 26.6. The lowest BCUT2D eigenvalue weighted by molar-refractivity contribution is 0.100. The molecule has 0 fully saturated rings. The Kier molecular flexibility index (Phi) is 3.00. The molecule has 20 heavy (non-hydrogen) atoms. The number of aromatic amines is 1. The van der Waals surface area contributed by atoms with Gasteiger partial charge in [0.25, 0.3) is 11.8 Å². The van der Waals surface area contributed by atoms with Crippen molar-refractivity contribution in [1.82, 2.24) is 4.98 Å². The van der Waals surface area contributed by atoms with Crippen molar-refractivity contribution >= 4 is 39.1 Å². The number of fused-ring (bicyclic) bond motifs is 1. The second kappa shape index (κ2) is 4.82. The first-order chi connectivity index (χ1) is 9.66. The van der Waals surface area contributed by atoms with E-state index in [2.05, 4.69) is 10.3 Å². The summed E-state index contributed by atoms with van der Waals surface area (Å²) in [5.41, 5.74) is 7.00. The standard InChI is InChI=1S/C14H11N3O2S/c15-12(18)9-5-6-20-14(9)17-13(19)10-7-16-11-4-2-1-3-8(10)11/h1-7,16H,(H2,15,18)(H,17,19). The Morgan fingerprint density at radius 3 is 2.75 bits per heavy atom. The number of primary amides is 1. The van der Waals surface area contributed by atoms with Gasteiger partial charge in [0.15, 0.2) is 0 Å². The van der Waals surface area contributed by atoms with Gasteiger partial charge in [0.1, 0.15) is 5.00 Å². The maximum absolute atomic E-state index is 12.3. The third-order valence-corrected chi connectivity index (χ3v) is 3.82. The van der Waals surface area contributed by atoms with Crippen molar-refractivity contribution in [3.8, 4) is 0 Å². The summed E-state index contributed by atoms with van der Waals surface area (Å²) in [5.74, 6) is -0.826. The molecule has 0 aliphatic rings. The van der Waals surface area contributed by atoms with Crippen LogP contribution in [0.2, 0.25) is 0 Å². The molecule has 6 heteroatoms. The molecule has 0 unspecified atom stereocenters. The summed E-state index contributed by atoms with van der Waals surface area (Å²) in [6, 6.07) is 9.12. The second-order valence-electron chi connectivity index (χ2n) is 4.23. The third kappa shape index (κ3) is 2.06. The minimum absolute atomic E-state index is 0.271. The van der Waals surface area contributed by atoms with Crippen molar-refractivity contribution in [2.75, 3.05) is 5.32 Å². The van der Waals surface area contributed by atoms with Crippen molar-refractivity contribution in [2.45, 2.75) is 0 Å². The number of hydrogen-bond donors (Lipinski definition) is 3. The number of amides is 2. The number of para-hydroxylation sites is 1. The van der Waals surface area contributed by atoms with Crippen LogP contribution in [-0.2, 0) is 0 Å². The van der Waals surface area contributed by atoms with Crippen LogP contribution in [0.25, 0.3) is 10.9 Å². The van der Waals surface area contributed by atoms with Crippen molar-refractivity contribution in [1.29, 1.82) is 0 Å². The molecule has 2 amide bonds. The van der Waals surface area contributed by atoms with Gasteiger partial charge in [-0.15, -0.1) is 11.3 Å². The number of carbonyl (C=O) groups is 2. The molecule has 2 aromatic heterocycles. The van der Waals surface area contributed by atoms with Crippen LogP contribution in [0.15, 0.2) is 41.9 Å². The first-order valence-electron chi connectivity index (χ1n) is 5.91. The molecule has 0 saturated carbocycles. The second-order valence-corrected chi connectivity index (χ2v) is 5.15. The molecule has 3 aromatic rings. The highest BCUT2D eigenvalue weighted by Gasteiger charge is 2.16. The topological polar surface area (TPSA) is 88.0 Å². The van der Waals surface area contributed by atoms with E-state index in [0.29, 0.717) is 16.1 Å². The number of nitrogens with two attached hydrogens (primary N) is 1. The number of nitrogens with one attached hydrogen (secondary N) is 2. The van der Waals surface area contributed by atoms with Gasteiger partial charge in [-0.2, -0.15) is 0 Å². The number of H-pyrrole nitrogens is 1. The molecule has 3 rings (SSSR count). The molecule has 0 atom stereocenters. The fraction of sp³-hybridized carbons (Fsp3) is 0. The number of benzene rings is 1. The number of thiophene rings is 1. The quantitative estimate of drug-likeness (QED) is 0.690. The van der Waals surface area contributed by atoms with Crippen molar-refractivity contribution in [2.24, 2.45) is 5.73 Å². The molecule has 0 aliphatic carbocycles. The number of rotatable bonds is 3. The van der Waals surface area contributed by atoms with Crippen LogP contribution >= 0.6 is 11.3 Å². The minimum atomic E-state index is -0.555. The maximum Gasteiger partial charge on any atom is 0.258 e. The Morgan fingerprint density at radius 2 is 1.95 bits per heavy atom. The molecule has 100 valence electrons. The van der Waals surface area contributed by atoms with Crippen LogP contribution in [0, 0.1) is 0 Å². The lowest BCUT2D eigenvalue weighted by atomic mass is 10.1. The van der Waals surface area contributed by atoms with E-state index in [1.807, 2.05) is 24.3 Å². The van der Waals surface area contributed by atoms with Gasteiger partial charge in [-0.3, -0.25) is 9.59 Å². The number of aromatic nitrogens is 1. The fourth-order valence-corrected chi connectivity index (χ4v) is 2.82. The van der Waals surface area contributed by atoms with E-state index in [4.69, 9.17) is 5.73 Å². The Morgan fingerprint density at radius 1 is 1.15 bits per heavy atom. The molecule has 5 nitrogen and oxygen atoms in total. The van der Waals surface area contributed by atoms with E-state index in [-0.39, 0.29) is 5.91 Å². The average Bonchev–Trinajstić information content (AvgIpc) is 3.04. The molecular formula is C14H11N3O2S. The van der Waals surface area contributed by atoms with Crippen LogP contribution < -0.4 is 11.1 Å². The summed E-state index contributed by atoms with van der Waals surface area (Å²) >= 11 is 1.27. The molecule has 0 aliphatic heterocycles. The first-order valence-corrected chi connectivity index (χ1v) is 6.79. The number of carbonyl (C=O) groups excluding carboxylic acids is 2. The molecule has 0 spiro atoms. The zero-order valence-electron chi connectivity index (χ0n) is 10.3. The highest BCUT2D eigenvalue weighted by Crippen LogP contribution is 2.25. The molecule has 2 heterocycles. The smallest absolute Gasteiger partial charge is 0.258 e. The third-order valence-electron chi connectivity index (χ3n) is 2.99. The normalized spacial score (nSPS) is 10.6. The monoisotopic (exact) mass is 285 g/mol. The van der Waals surface area contributed by atoms with E-state index in [9.17, 15) is 9.59 Å². The molecule has 4 N–H and O–H groups in total. The molecule has 0 bridgehead atoms. The van der Waals surface area contributed by atoms with Gasteiger partial charge < -0.3 is 16.0 Å². The summed E-state index contributed by atoms with van der Waals surface area (Å²) in [7, 11) is 0. The van der Waals surface area contributed by atoms with E-state index >= 15 is 0 Å². The Hall–Kier alpha value is -2.60. The Balaban J connectivity index is 1.93. The van der Waals surface area contributed by atoms with Gasteiger partial charge in [-0.1, -0.05) is 18.2 Å². The highest BCUT2D eigenvalue weighted by molar-refractivity contribution is 7.14. The molecular weight excluding hydrogens is 274 g/mol. The minimum Gasteiger partial charge on any atom is -0.366 e. The van der Waals surface area contributed by atoms with Gasteiger partial charge >= 0.3 is 0 Å². The van der Waals surface area contributed by atoms with Crippen LogP contribution in [0.4, 0.5) is 5.00 Å². The van der Waals surface area contributed by atoms with Crippen LogP contribution in [0.3, 0.4) is 0 Å². The van der Waals surface area contributed by atoms with Crippen LogP contribution in [0.5, 0.6) is 0 Å². The first kappa shape index (κ1) is 12.4. The summed E-state index contributed by atoms with van der Waals surface area (Å²) in [6.45, 7) is 0. The average molecular weight is 285 g/mol.